The lowest BCUT2D eigenvalue weighted by Gasteiger charge is -2.39. The Morgan fingerprint density at radius 2 is 2.21 bits per heavy atom. The third kappa shape index (κ3) is 4.15. The Morgan fingerprint density at radius 1 is 1.46 bits per heavy atom. The second-order valence-corrected chi connectivity index (χ2v) is 6.21. The van der Waals surface area contributed by atoms with Gasteiger partial charge in [-0.25, -0.2) is 4.39 Å². The standard InChI is InChI=1S/C16H19ClFNO5/c1-23-10-16(15(21)22)5-2-6-19(9-16)14(20)8-24-11-3-4-13(18)12(17)7-11/h3-4,7H,2,5-6,8-10H2,1H3,(H,21,22). The number of rotatable bonds is 6. The van der Waals surface area contributed by atoms with Crippen LogP contribution in [0.5, 0.6) is 5.75 Å². The van der Waals surface area contributed by atoms with Gasteiger partial charge in [0.15, 0.2) is 6.61 Å². The molecule has 1 atom stereocenters. The first kappa shape index (κ1) is 18.5. The molecule has 8 heteroatoms. The minimum Gasteiger partial charge on any atom is -0.484 e. The smallest absolute Gasteiger partial charge is 0.313 e. The molecule has 0 aliphatic carbocycles. The molecule has 0 spiro atoms. The van der Waals surface area contributed by atoms with Crippen molar-refractivity contribution in [3.63, 3.8) is 0 Å². The van der Waals surface area contributed by atoms with Crippen molar-refractivity contribution in [1.29, 1.82) is 0 Å². The molecule has 6 nitrogen and oxygen atoms in total. The van der Waals surface area contributed by atoms with Crippen molar-refractivity contribution < 1.29 is 28.6 Å². The molecule has 1 aromatic rings. The van der Waals surface area contributed by atoms with Gasteiger partial charge >= 0.3 is 5.97 Å². The molecule has 24 heavy (non-hydrogen) atoms. The minimum absolute atomic E-state index is 0.0422. The van der Waals surface area contributed by atoms with Crippen molar-refractivity contribution in [2.24, 2.45) is 5.41 Å². The van der Waals surface area contributed by atoms with Crippen molar-refractivity contribution >= 4 is 23.5 Å². The van der Waals surface area contributed by atoms with Crippen LogP contribution in [-0.2, 0) is 14.3 Å². The summed E-state index contributed by atoms with van der Waals surface area (Å²) in [5, 5.41) is 9.39. The van der Waals surface area contributed by atoms with E-state index in [1.807, 2.05) is 0 Å². The second-order valence-electron chi connectivity index (χ2n) is 5.80. The number of benzene rings is 1. The quantitative estimate of drug-likeness (QED) is 0.842. The Bertz CT molecular complexity index is 622. The number of carbonyl (C=O) groups is 2. The third-order valence-electron chi connectivity index (χ3n) is 4.06. The first-order chi connectivity index (χ1) is 11.4. The molecule has 0 saturated carbocycles. The van der Waals surface area contributed by atoms with Crippen LogP contribution in [0, 0.1) is 11.2 Å². The van der Waals surface area contributed by atoms with Gasteiger partial charge in [0.2, 0.25) is 0 Å². The van der Waals surface area contributed by atoms with Crippen molar-refractivity contribution in [2.75, 3.05) is 33.4 Å². The molecular formula is C16H19ClFNO5. The fraction of sp³-hybridized carbons (Fsp3) is 0.500. The summed E-state index contributed by atoms with van der Waals surface area (Å²) in [5.74, 6) is -1.62. The molecule has 132 valence electrons. The number of hydrogen-bond donors (Lipinski definition) is 1. The molecule has 1 aliphatic heterocycles. The van der Waals surface area contributed by atoms with Gasteiger partial charge in [-0.1, -0.05) is 11.6 Å². The molecule has 2 rings (SSSR count). The van der Waals surface area contributed by atoms with Gasteiger partial charge in [0.25, 0.3) is 5.91 Å². The highest BCUT2D eigenvalue weighted by Crippen LogP contribution is 2.31. The molecule has 1 amide bonds. The highest BCUT2D eigenvalue weighted by Gasteiger charge is 2.43. The number of halogens is 2. The monoisotopic (exact) mass is 359 g/mol. The number of aliphatic carboxylic acids is 1. The van der Waals surface area contributed by atoms with Crippen LogP contribution in [0.3, 0.4) is 0 Å². The van der Waals surface area contributed by atoms with E-state index < -0.39 is 17.2 Å². The maximum absolute atomic E-state index is 13.1. The normalized spacial score (nSPS) is 20.7. The fourth-order valence-electron chi connectivity index (χ4n) is 2.78. The highest BCUT2D eigenvalue weighted by atomic mass is 35.5. The Hall–Kier alpha value is -1.86. The number of amides is 1. The van der Waals surface area contributed by atoms with Gasteiger partial charge in [0, 0.05) is 26.3 Å². The van der Waals surface area contributed by atoms with Gasteiger partial charge in [-0.05, 0) is 25.0 Å². The van der Waals surface area contributed by atoms with Crippen molar-refractivity contribution in [1.82, 2.24) is 4.90 Å². The molecule has 0 aromatic heterocycles. The van der Waals surface area contributed by atoms with Crippen LogP contribution in [-0.4, -0.2) is 55.3 Å². The summed E-state index contributed by atoms with van der Waals surface area (Å²) in [4.78, 5) is 25.3. The number of methoxy groups -OCH3 is 1. The van der Waals surface area contributed by atoms with Crippen LogP contribution in [0.4, 0.5) is 4.39 Å². The fourth-order valence-corrected chi connectivity index (χ4v) is 2.95. The lowest BCUT2D eigenvalue weighted by molar-refractivity contribution is -0.159. The maximum Gasteiger partial charge on any atom is 0.313 e. The summed E-state index contributed by atoms with van der Waals surface area (Å²) in [7, 11) is 1.44. The second kappa shape index (κ2) is 7.81. The lowest BCUT2D eigenvalue weighted by Crippen LogP contribution is -2.53. The van der Waals surface area contributed by atoms with Gasteiger partial charge < -0.3 is 19.5 Å². The van der Waals surface area contributed by atoms with E-state index in [2.05, 4.69) is 0 Å². The maximum atomic E-state index is 13.1. The van der Waals surface area contributed by atoms with Crippen molar-refractivity contribution in [3.05, 3.63) is 29.0 Å². The van der Waals surface area contributed by atoms with Gasteiger partial charge in [0.1, 0.15) is 17.0 Å². The largest absolute Gasteiger partial charge is 0.484 e. The zero-order valence-electron chi connectivity index (χ0n) is 13.3. The molecular weight excluding hydrogens is 341 g/mol. The van der Waals surface area contributed by atoms with Gasteiger partial charge in [-0.15, -0.1) is 0 Å². The zero-order chi connectivity index (χ0) is 17.7. The SMILES string of the molecule is COCC1(C(=O)O)CCCN(C(=O)COc2ccc(F)c(Cl)c2)C1. The molecule has 1 aliphatic rings. The molecule has 1 saturated heterocycles. The van der Waals surface area contributed by atoms with Crippen LogP contribution in [0.15, 0.2) is 18.2 Å². The van der Waals surface area contributed by atoms with Crippen LogP contribution in [0.1, 0.15) is 12.8 Å². The average Bonchev–Trinajstić information content (AvgIpc) is 2.56. The molecule has 0 radical (unpaired) electrons. The van der Waals surface area contributed by atoms with E-state index in [4.69, 9.17) is 21.1 Å². The van der Waals surface area contributed by atoms with E-state index in [0.29, 0.717) is 19.4 Å². The van der Waals surface area contributed by atoms with E-state index in [0.717, 1.165) is 6.07 Å². The number of ether oxygens (including phenoxy) is 2. The van der Waals surface area contributed by atoms with Crippen LogP contribution < -0.4 is 4.74 Å². The molecule has 1 N–H and O–H groups in total. The van der Waals surface area contributed by atoms with E-state index in [1.165, 1.54) is 24.1 Å². The first-order valence-corrected chi connectivity index (χ1v) is 7.84. The van der Waals surface area contributed by atoms with Crippen molar-refractivity contribution in [3.8, 4) is 5.75 Å². The van der Waals surface area contributed by atoms with E-state index >= 15 is 0 Å². The number of piperidine rings is 1. The summed E-state index contributed by atoms with van der Waals surface area (Å²) in [5.41, 5.74) is -1.10. The Balaban J connectivity index is 1.98. The van der Waals surface area contributed by atoms with Gasteiger partial charge in [-0.3, -0.25) is 9.59 Å². The summed E-state index contributed by atoms with van der Waals surface area (Å²) >= 11 is 5.66. The Labute approximate surface area is 144 Å². The number of nitrogens with zero attached hydrogens (tertiary/aromatic N) is 1. The van der Waals surface area contributed by atoms with E-state index in [9.17, 15) is 19.1 Å². The number of carboxylic acid groups (broad SMARTS) is 1. The summed E-state index contributed by atoms with van der Waals surface area (Å²) < 4.78 is 23.4. The summed E-state index contributed by atoms with van der Waals surface area (Å²) in [6, 6.07) is 3.81. The topological polar surface area (TPSA) is 76.1 Å². The zero-order valence-corrected chi connectivity index (χ0v) is 14.0. The lowest BCUT2D eigenvalue weighted by atomic mass is 9.80. The van der Waals surface area contributed by atoms with Crippen molar-refractivity contribution in [2.45, 2.75) is 12.8 Å². The Morgan fingerprint density at radius 3 is 2.83 bits per heavy atom. The van der Waals surface area contributed by atoms with E-state index in [-0.39, 0.29) is 36.4 Å². The first-order valence-electron chi connectivity index (χ1n) is 7.46. The summed E-state index contributed by atoms with van der Waals surface area (Å²) in [6.07, 6.45) is 1.03. The molecule has 1 unspecified atom stereocenters. The number of carbonyl (C=O) groups excluding carboxylic acids is 1. The minimum atomic E-state index is -1.10. The molecule has 1 fully saturated rings. The Kier molecular flexibility index (Phi) is 6.01. The van der Waals surface area contributed by atoms with Crippen LogP contribution >= 0.6 is 11.6 Å². The number of carboxylic acids is 1. The average molecular weight is 360 g/mol. The molecule has 0 bridgehead atoms. The predicted molar refractivity (Wildman–Crippen MR) is 84.7 cm³/mol. The molecule has 1 aromatic carbocycles. The van der Waals surface area contributed by atoms with Crippen LogP contribution in [0.2, 0.25) is 5.02 Å². The number of likely N-dealkylation sites (tertiary alicyclic amines) is 1. The third-order valence-corrected chi connectivity index (χ3v) is 4.35. The van der Waals surface area contributed by atoms with E-state index in [1.54, 1.807) is 0 Å². The van der Waals surface area contributed by atoms with Crippen LogP contribution in [0.25, 0.3) is 0 Å². The van der Waals surface area contributed by atoms with Gasteiger partial charge in [-0.2, -0.15) is 0 Å². The summed E-state index contributed by atoms with van der Waals surface area (Å²) in [6.45, 7) is 0.304. The predicted octanol–water partition coefficient (Wildman–Crippen LogP) is 2.20. The van der Waals surface area contributed by atoms with Gasteiger partial charge in [0.05, 0.1) is 11.6 Å². The molecule has 1 heterocycles. The number of hydrogen-bond acceptors (Lipinski definition) is 4. The highest BCUT2D eigenvalue weighted by molar-refractivity contribution is 6.30.